The van der Waals surface area contributed by atoms with Crippen LogP contribution in [0, 0.1) is 13.8 Å². The molecule has 0 fully saturated rings. The minimum Gasteiger partial charge on any atom is -0.422 e. The van der Waals surface area contributed by atoms with E-state index in [4.69, 9.17) is 4.42 Å². The van der Waals surface area contributed by atoms with E-state index in [2.05, 4.69) is 46.9 Å². The van der Waals surface area contributed by atoms with Crippen molar-refractivity contribution in [2.45, 2.75) is 39.9 Å². The summed E-state index contributed by atoms with van der Waals surface area (Å²) in [6, 6.07) is 10.5. The maximum Gasteiger partial charge on any atom is 0.336 e. The summed E-state index contributed by atoms with van der Waals surface area (Å²) in [6.45, 7) is 9.02. The summed E-state index contributed by atoms with van der Waals surface area (Å²) in [5.74, 6) is 0. The zero-order valence-corrected chi connectivity index (χ0v) is 14.4. The summed E-state index contributed by atoms with van der Waals surface area (Å²) in [4.78, 5) is 14.5. The van der Waals surface area contributed by atoms with Crippen LogP contribution in [0.3, 0.4) is 0 Å². The van der Waals surface area contributed by atoms with Gasteiger partial charge in [-0.25, -0.2) is 4.79 Å². The van der Waals surface area contributed by atoms with Crippen molar-refractivity contribution in [1.29, 1.82) is 0 Å². The fourth-order valence-electron chi connectivity index (χ4n) is 3.72. The Bertz CT molecular complexity index is 967. The van der Waals surface area contributed by atoms with Crippen LogP contribution in [-0.2, 0) is 13.1 Å². The first-order valence-corrected chi connectivity index (χ1v) is 8.46. The Morgan fingerprint density at radius 1 is 1.21 bits per heavy atom. The molecule has 4 nitrogen and oxygen atoms in total. The first kappa shape index (κ1) is 15.2. The Hall–Kier alpha value is -2.33. The van der Waals surface area contributed by atoms with Gasteiger partial charge in [0.25, 0.3) is 0 Å². The SMILES string of the molecule is Cc1ccc2c(CN3CCn4cccc4C3C)cc(=O)oc2c1C. The van der Waals surface area contributed by atoms with Crippen LogP contribution in [0.15, 0.2) is 45.7 Å². The summed E-state index contributed by atoms with van der Waals surface area (Å²) in [5.41, 5.74) is 5.04. The molecule has 0 aliphatic carbocycles. The van der Waals surface area contributed by atoms with Gasteiger partial charge in [-0.3, -0.25) is 4.90 Å². The fraction of sp³-hybridized carbons (Fsp3) is 0.350. The number of rotatable bonds is 2. The highest BCUT2D eigenvalue weighted by Crippen LogP contribution is 2.29. The molecule has 3 heterocycles. The maximum absolute atomic E-state index is 12.1. The van der Waals surface area contributed by atoms with Crippen LogP contribution in [0.5, 0.6) is 0 Å². The monoisotopic (exact) mass is 322 g/mol. The largest absolute Gasteiger partial charge is 0.422 e. The molecule has 1 unspecified atom stereocenters. The van der Waals surface area contributed by atoms with E-state index in [1.807, 2.05) is 13.8 Å². The molecule has 0 N–H and O–H groups in total. The van der Waals surface area contributed by atoms with E-state index in [9.17, 15) is 4.79 Å². The van der Waals surface area contributed by atoms with E-state index >= 15 is 0 Å². The summed E-state index contributed by atoms with van der Waals surface area (Å²) in [5, 5.41) is 1.05. The first-order valence-electron chi connectivity index (χ1n) is 8.46. The van der Waals surface area contributed by atoms with E-state index in [0.717, 1.165) is 47.3 Å². The number of aromatic nitrogens is 1. The molecule has 0 amide bonds. The molecule has 1 aliphatic rings. The Morgan fingerprint density at radius 3 is 2.88 bits per heavy atom. The van der Waals surface area contributed by atoms with Gasteiger partial charge in [0.15, 0.2) is 0 Å². The van der Waals surface area contributed by atoms with Crippen molar-refractivity contribution < 1.29 is 4.42 Å². The average Bonchev–Trinajstić information content (AvgIpc) is 3.03. The van der Waals surface area contributed by atoms with E-state index < -0.39 is 0 Å². The minimum atomic E-state index is -0.265. The lowest BCUT2D eigenvalue weighted by Crippen LogP contribution is -2.36. The molecule has 24 heavy (non-hydrogen) atoms. The zero-order valence-electron chi connectivity index (χ0n) is 14.4. The number of hydrogen-bond donors (Lipinski definition) is 0. The number of hydrogen-bond acceptors (Lipinski definition) is 3. The third-order valence-corrected chi connectivity index (χ3v) is 5.36. The Labute approximate surface area is 141 Å². The molecular formula is C20H22N2O2. The Kier molecular flexibility index (Phi) is 3.57. The van der Waals surface area contributed by atoms with E-state index in [-0.39, 0.29) is 5.63 Å². The molecule has 0 saturated carbocycles. The highest BCUT2D eigenvalue weighted by atomic mass is 16.4. The Morgan fingerprint density at radius 2 is 2.04 bits per heavy atom. The highest BCUT2D eigenvalue weighted by Gasteiger charge is 2.24. The molecule has 1 aromatic carbocycles. The summed E-state index contributed by atoms with van der Waals surface area (Å²) < 4.78 is 7.81. The second-order valence-electron chi connectivity index (χ2n) is 6.75. The van der Waals surface area contributed by atoms with E-state index in [1.54, 1.807) is 6.07 Å². The molecule has 124 valence electrons. The van der Waals surface area contributed by atoms with Crippen molar-refractivity contribution in [3.05, 3.63) is 69.3 Å². The molecule has 0 saturated heterocycles. The van der Waals surface area contributed by atoms with Gasteiger partial charge in [-0.2, -0.15) is 0 Å². The zero-order chi connectivity index (χ0) is 16.8. The van der Waals surface area contributed by atoms with Gasteiger partial charge >= 0.3 is 5.63 Å². The predicted octanol–water partition coefficient (Wildman–Crippen LogP) is 3.79. The number of nitrogens with zero attached hydrogens (tertiary/aromatic N) is 2. The number of fused-ring (bicyclic) bond motifs is 2. The van der Waals surface area contributed by atoms with Gasteiger partial charge in [-0.15, -0.1) is 0 Å². The quantitative estimate of drug-likeness (QED) is 0.674. The molecule has 2 aromatic heterocycles. The standard InChI is InChI=1S/C20H22N2O2/c1-13-6-7-17-16(11-19(23)24-20(17)14(13)2)12-22-10-9-21-8-4-5-18(21)15(22)3/h4-8,11,15H,9-10,12H2,1-3H3. The van der Waals surface area contributed by atoms with Crippen molar-refractivity contribution >= 4 is 11.0 Å². The second-order valence-corrected chi connectivity index (χ2v) is 6.75. The van der Waals surface area contributed by atoms with Gasteiger partial charge in [0.05, 0.1) is 0 Å². The molecule has 1 aliphatic heterocycles. The van der Waals surface area contributed by atoms with Crippen molar-refractivity contribution in [2.75, 3.05) is 6.54 Å². The molecule has 3 aromatic rings. The Balaban J connectivity index is 1.75. The second kappa shape index (κ2) is 5.64. The van der Waals surface area contributed by atoms with Crippen LogP contribution in [0.1, 0.15) is 35.3 Å². The summed E-state index contributed by atoms with van der Waals surface area (Å²) >= 11 is 0. The third-order valence-electron chi connectivity index (χ3n) is 5.36. The van der Waals surface area contributed by atoms with Crippen LogP contribution in [-0.4, -0.2) is 16.0 Å². The molecule has 0 spiro atoms. The molecule has 0 radical (unpaired) electrons. The molecule has 4 heteroatoms. The van der Waals surface area contributed by atoms with Crippen LogP contribution in [0.4, 0.5) is 0 Å². The molecule has 4 rings (SSSR count). The molecule has 0 bridgehead atoms. The predicted molar refractivity (Wildman–Crippen MR) is 95.2 cm³/mol. The van der Waals surface area contributed by atoms with Crippen molar-refractivity contribution in [2.24, 2.45) is 0 Å². The maximum atomic E-state index is 12.1. The van der Waals surface area contributed by atoms with Gasteiger partial charge in [0, 0.05) is 49.0 Å². The lowest BCUT2D eigenvalue weighted by molar-refractivity contribution is 0.161. The van der Waals surface area contributed by atoms with Crippen LogP contribution >= 0.6 is 0 Å². The molecular weight excluding hydrogens is 300 g/mol. The fourth-order valence-corrected chi connectivity index (χ4v) is 3.72. The van der Waals surface area contributed by atoms with E-state index in [1.165, 1.54) is 5.69 Å². The van der Waals surface area contributed by atoms with Gasteiger partial charge < -0.3 is 8.98 Å². The normalized spacial score (nSPS) is 18.0. The van der Waals surface area contributed by atoms with E-state index in [0.29, 0.717) is 6.04 Å². The summed E-state index contributed by atoms with van der Waals surface area (Å²) in [7, 11) is 0. The number of benzene rings is 1. The number of aryl methyl sites for hydroxylation is 2. The summed E-state index contributed by atoms with van der Waals surface area (Å²) in [6.07, 6.45) is 2.14. The van der Waals surface area contributed by atoms with Gasteiger partial charge in [0.2, 0.25) is 0 Å². The highest BCUT2D eigenvalue weighted by molar-refractivity contribution is 5.83. The topological polar surface area (TPSA) is 38.4 Å². The van der Waals surface area contributed by atoms with Crippen molar-refractivity contribution in [1.82, 2.24) is 9.47 Å². The van der Waals surface area contributed by atoms with Crippen LogP contribution in [0.2, 0.25) is 0 Å². The smallest absolute Gasteiger partial charge is 0.336 e. The van der Waals surface area contributed by atoms with Crippen molar-refractivity contribution in [3.63, 3.8) is 0 Å². The lowest BCUT2D eigenvalue weighted by Gasteiger charge is -2.35. The lowest BCUT2D eigenvalue weighted by atomic mass is 10.0. The van der Waals surface area contributed by atoms with Crippen molar-refractivity contribution in [3.8, 4) is 0 Å². The van der Waals surface area contributed by atoms with Gasteiger partial charge in [-0.1, -0.05) is 12.1 Å². The van der Waals surface area contributed by atoms with Gasteiger partial charge in [0.1, 0.15) is 5.58 Å². The third kappa shape index (κ3) is 2.38. The van der Waals surface area contributed by atoms with Crippen LogP contribution < -0.4 is 5.63 Å². The minimum absolute atomic E-state index is 0.265. The van der Waals surface area contributed by atoms with Gasteiger partial charge in [-0.05, 0) is 49.6 Å². The van der Waals surface area contributed by atoms with Crippen LogP contribution in [0.25, 0.3) is 11.0 Å². The average molecular weight is 322 g/mol. The molecule has 1 atom stereocenters. The first-order chi connectivity index (χ1) is 11.5.